The van der Waals surface area contributed by atoms with Crippen LogP contribution in [0.5, 0.6) is 0 Å². The van der Waals surface area contributed by atoms with Crippen molar-refractivity contribution in [2.75, 3.05) is 49.2 Å². The van der Waals surface area contributed by atoms with E-state index in [0.29, 0.717) is 49.2 Å². The number of anilines is 2. The number of likely N-dealkylation sites (tertiary alicyclic amines) is 1. The summed E-state index contributed by atoms with van der Waals surface area (Å²) in [7, 11) is -3.14. The fourth-order valence-electron chi connectivity index (χ4n) is 5.19. The molecule has 0 bridgehead atoms. The van der Waals surface area contributed by atoms with Crippen LogP contribution in [0.3, 0.4) is 0 Å². The van der Waals surface area contributed by atoms with Crippen LogP contribution in [0.2, 0.25) is 0 Å². The Bertz CT molecular complexity index is 859. The summed E-state index contributed by atoms with van der Waals surface area (Å²) >= 11 is 0. The number of nitrogens with zero attached hydrogens (tertiary/aromatic N) is 4. The second-order valence-electron chi connectivity index (χ2n) is 9.02. The number of pyridine rings is 1. The Labute approximate surface area is 173 Å². The lowest BCUT2D eigenvalue weighted by Gasteiger charge is -2.63. The van der Waals surface area contributed by atoms with Crippen LogP contribution in [-0.2, 0) is 10.0 Å². The summed E-state index contributed by atoms with van der Waals surface area (Å²) in [6, 6.07) is 4.04. The number of amides is 2. The van der Waals surface area contributed by atoms with Gasteiger partial charge in [-0.05, 0) is 30.9 Å². The second-order valence-corrected chi connectivity index (χ2v) is 11.0. The fourth-order valence-corrected chi connectivity index (χ4v) is 6.02. The molecule has 160 valence electrons. The molecule has 1 spiro atoms. The summed E-state index contributed by atoms with van der Waals surface area (Å²) in [6.07, 6.45) is 6.68. The number of piperazine rings is 1. The molecule has 8 nitrogen and oxygen atoms in total. The van der Waals surface area contributed by atoms with E-state index in [9.17, 15) is 13.2 Å². The van der Waals surface area contributed by atoms with Gasteiger partial charge in [0.2, 0.25) is 10.0 Å². The van der Waals surface area contributed by atoms with Crippen molar-refractivity contribution in [2.24, 2.45) is 11.3 Å². The normalized spacial score (nSPS) is 24.3. The number of urea groups is 1. The van der Waals surface area contributed by atoms with E-state index in [0.717, 1.165) is 12.4 Å². The van der Waals surface area contributed by atoms with Gasteiger partial charge in [-0.2, -0.15) is 4.31 Å². The molecule has 2 saturated heterocycles. The predicted molar refractivity (Wildman–Crippen MR) is 114 cm³/mol. The maximum atomic E-state index is 12.8. The van der Waals surface area contributed by atoms with Crippen LogP contribution < -0.4 is 10.2 Å². The van der Waals surface area contributed by atoms with Crippen molar-refractivity contribution in [1.82, 2.24) is 14.2 Å². The Morgan fingerprint density at radius 1 is 1.21 bits per heavy atom. The lowest BCUT2D eigenvalue weighted by molar-refractivity contribution is -0.114. The van der Waals surface area contributed by atoms with E-state index in [2.05, 4.69) is 29.0 Å². The number of aromatic nitrogens is 1. The highest BCUT2D eigenvalue weighted by atomic mass is 32.2. The molecule has 1 aliphatic carbocycles. The number of nitrogens with one attached hydrogen (secondary N) is 1. The maximum Gasteiger partial charge on any atom is 0.322 e. The molecule has 1 N–H and O–H groups in total. The summed E-state index contributed by atoms with van der Waals surface area (Å²) in [4.78, 5) is 21.3. The van der Waals surface area contributed by atoms with Gasteiger partial charge in [-0.1, -0.05) is 20.3 Å². The third-order valence-corrected chi connectivity index (χ3v) is 8.02. The van der Waals surface area contributed by atoms with Crippen LogP contribution in [0.4, 0.5) is 16.3 Å². The minimum absolute atomic E-state index is 0.0439. The van der Waals surface area contributed by atoms with E-state index in [-0.39, 0.29) is 6.03 Å². The molecule has 2 aliphatic heterocycles. The molecule has 1 saturated carbocycles. The Hall–Kier alpha value is -1.87. The van der Waals surface area contributed by atoms with Crippen LogP contribution in [0, 0.1) is 11.3 Å². The Kier molecular flexibility index (Phi) is 5.23. The summed E-state index contributed by atoms with van der Waals surface area (Å²) < 4.78 is 24.8. The number of carbonyl (C=O) groups excluding carboxylic acids is 1. The Morgan fingerprint density at radius 3 is 2.38 bits per heavy atom. The third-order valence-electron chi connectivity index (χ3n) is 6.72. The average Bonchev–Trinajstić information content (AvgIpc) is 2.59. The van der Waals surface area contributed by atoms with E-state index in [1.54, 1.807) is 6.20 Å². The largest absolute Gasteiger partial charge is 0.354 e. The molecule has 3 aliphatic rings. The van der Waals surface area contributed by atoms with Crippen LogP contribution in [0.15, 0.2) is 18.3 Å². The van der Waals surface area contributed by atoms with Crippen LogP contribution in [0.1, 0.15) is 33.1 Å². The van der Waals surface area contributed by atoms with E-state index in [4.69, 9.17) is 0 Å². The molecule has 0 aromatic carbocycles. The van der Waals surface area contributed by atoms with Gasteiger partial charge >= 0.3 is 6.03 Å². The van der Waals surface area contributed by atoms with Gasteiger partial charge in [0.25, 0.3) is 0 Å². The van der Waals surface area contributed by atoms with Gasteiger partial charge in [-0.15, -0.1) is 0 Å². The SMILES string of the molecule is CC(C)C1N(C(=O)Nc2ccc(N3CCN(S(C)(=O)=O)CC3)nc2)CC12CCC2. The maximum absolute atomic E-state index is 12.8. The molecule has 3 heterocycles. The first-order valence-electron chi connectivity index (χ1n) is 10.4. The lowest BCUT2D eigenvalue weighted by atomic mass is 9.55. The van der Waals surface area contributed by atoms with E-state index in [1.165, 1.54) is 29.8 Å². The third kappa shape index (κ3) is 3.82. The molecule has 2 amide bonds. The number of sulfonamides is 1. The van der Waals surface area contributed by atoms with Gasteiger partial charge in [0.05, 0.1) is 18.1 Å². The zero-order valence-corrected chi connectivity index (χ0v) is 18.3. The number of rotatable bonds is 4. The monoisotopic (exact) mass is 421 g/mol. The molecule has 29 heavy (non-hydrogen) atoms. The van der Waals surface area contributed by atoms with Crippen molar-refractivity contribution in [2.45, 2.75) is 39.2 Å². The van der Waals surface area contributed by atoms with Crippen LogP contribution in [0.25, 0.3) is 0 Å². The topological polar surface area (TPSA) is 85.9 Å². The Balaban J connectivity index is 1.34. The minimum atomic E-state index is -3.14. The summed E-state index contributed by atoms with van der Waals surface area (Å²) in [5.41, 5.74) is 1.05. The molecular formula is C20H31N5O3S. The van der Waals surface area contributed by atoms with Crippen molar-refractivity contribution in [3.05, 3.63) is 18.3 Å². The zero-order chi connectivity index (χ0) is 20.8. The van der Waals surface area contributed by atoms with Crippen LogP contribution >= 0.6 is 0 Å². The molecule has 3 fully saturated rings. The highest BCUT2D eigenvalue weighted by Gasteiger charge is 2.58. The number of hydrogen-bond donors (Lipinski definition) is 1. The molecule has 1 aromatic rings. The molecule has 1 atom stereocenters. The van der Waals surface area contributed by atoms with Crippen molar-refractivity contribution < 1.29 is 13.2 Å². The summed E-state index contributed by atoms with van der Waals surface area (Å²) in [6.45, 7) is 7.40. The summed E-state index contributed by atoms with van der Waals surface area (Å²) in [5.74, 6) is 1.26. The summed E-state index contributed by atoms with van der Waals surface area (Å²) in [5, 5.41) is 2.99. The van der Waals surface area contributed by atoms with Gasteiger partial charge < -0.3 is 15.1 Å². The molecule has 0 radical (unpaired) electrons. The molecule has 9 heteroatoms. The van der Waals surface area contributed by atoms with Gasteiger partial charge in [-0.3, -0.25) is 0 Å². The standard InChI is InChI=1S/C20H31N5O3S/c1-15(2)18-20(7-4-8-20)14-25(18)19(26)22-16-5-6-17(21-13-16)23-9-11-24(12-10-23)29(3,27)28/h5-6,13,15,18H,4,7-12,14H2,1-3H3,(H,22,26). The lowest BCUT2D eigenvalue weighted by Crippen LogP contribution is -2.71. The van der Waals surface area contributed by atoms with Gasteiger partial charge in [-0.25, -0.2) is 18.2 Å². The van der Waals surface area contributed by atoms with Crippen molar-refractivity contribution in [1.29, 1.82) is 0 Å². The first-order valence-corrected chi connectivity index (χ1v) is 12.3. The average molecular weight is 422 g/mol. The van der Waals surface area contributed by atoms with Crippen molar-refractivity contribution >= 4 is 27.6 Å². The number of carbonyl (C=O) groups is 1. The molecule has 4 rings (SSSR count). The highest BCUT2D eigenvalue weighted by molar-refractivity contribution is 7.88. The zero-order valence-electron chi connectivity index (χ0n) is 17.5. The molecule has 1 unspecified atom stereocenters. The minimum Gasteiger partial charge on any atom is -0.354 e. The van der Waals surface area contributed by atoms with E-state index >= 15 is 0 Å². The second kappa shape index (κ2) is 7.43. The predicted octanol–water partition coefficient (Wildman–Crippen LogP) is 2.21. The smallest absolute Gasteiger partial charge is 0.322 e. The first kappa shape index (κ1) is 20.4. The molecular weight excluding hydrogens is 390 g/mol. The van der Waals surface area contributed by atoms with E-state index < -0.39 is 10.0 Å². The Morgan fingerprint density at radius 2 is 1.90 bits per heavy atom. The van der Waals surface area contributed by atoms with Gasteiger partial charge in [0, 0.05) is 44.2 Å². The van der Waals surface area contributed by atoms with Gasteiger partial charge in [0.15, 0.2) is 0 Å². The fraction of sp³-hybridized carbons (Fsp3) is 0.700. The quantitative estimate of drug-likeness (QED) is 0.806. The molecule has 1 aromatic heterocycles. The van der Waals surface area contributed by atoms with Gasteiger partial charge in [0.1, 0.15) is 5.82 Å². The first-order chi connectivity index (χ1) is 13.7. The highest BCUT2D eigenvalue weighted by Crippen LogP contribution is 2.55. The number of hydrogen-bond acceptors (Lipinski definition) is 5. The van der Waals surface area contributed by atoms with Crippen molar-refractivity contribution in [3.63, 3.8) is 0 Å². The van der Waals surface area contributed by atoms with E-state index in [1.807, 2.05) is 17.0 Å². The van der Waals surface area contributed by atoms with Crippen LogP contribution in [-0.4, -0.2) is 73.7 Å². The van der Waals surface area contributed by atoms with Crippen molar-refractivity contribution in [3.8, 4) is 0 Å².